The molecule has 0 bridgehead atoms. The maximum Gasteiger partial charge on any atom is 0.433 e. The van der Waals surface area contributed by atoms with Gasteiger partial charge < -0.3 is 5.11 Å². The first-order valence-corrected chi connectivity index (χ1v) is 9.95. The van der Waals surface area contributed by atoms with Crippen LogP contribution in [0.15, 0.2) is 36.5 Å². The Morgan fingerprint density at radius 3 is 2.61 bits per heavy atom. The van der Waals surface area contributed by atoms with Gasteiger partial charge >= 0.3 is 6.18 Å². The Morgan fingerprint density at radius 2 is 2.00 bits per heavy atom. The predicted molar refractivity (Wildman–Crippen MR) is 104 cm³/mol. The summed E-state index contributed by atoms with van der Waals surface area (Å²) in [6.07, 6.45) is -5.48. The lowest BCUT2D eigenvalue weighted by Gasteiger charge is -2.43. The Hall–Kier alpha value is -1.97. The first-order valence-electron chi connectivity index (χ1n) is 9.23. The third-order valence-corrected chi connectivity index (χ3v) is 5.99. The van der Waals surface area contributed by atoms with E-state index in [1.807, 2.05) is 0 Å². The Bertz CT molecular complexity index is 958. The van der Waals surface area contributed by atoms with Gasteiger partial charge in [0.2, 0.25) is 0 Å². The van der Waals surface area contributed by atoms with Gasteiger partial charge in [-0.2, -0.15) is 13.2 Å². The number of aliphatic hydroxyl groups is 1. The van der Waals surface area contributed by atoms with Gasteiger partial charge in [0.15, 0.2) is 0 Å². The normalized spacial score (nSPS) is 24.1. The molecular weight excluding hydrogens is 466 g/mol. The van der Waals surface area contributed by atoms with E-state index in [0.29, 0.717) is 10.5 Å². The summed E-state index contributed by atoms with van der Waals surface area (Å²) in [4.78, 5) is 15.8. The fourth-order valence-electron chi connectivity index (χ4n) is 3.71. The molecule has 4 nitrogen and oxygen atoms in total. The second-order valence-electron chi connectivity index (χ2n) is 7.43. The van der Waals surface area contributed by atoms with Gasteiger partial charge in [0.05, 0.1) is 22.7 Å². The van der Waals surface area contributed by atoms with Crippen LogP contribution in [0.4, 0.5) is 22.0 Å². The summed E-state index contributed by atoms with van der Waals surface area (Å²) >= 11 is 12.1. The highest BCUT2D eigenvalue weighted by Crippen LogP contribution is 2.45. The van der Waals surface area contributed by atoms with Crippen LogP contribution < -0.4 is 0 Å². The lowest BCUT2D eigenvalue weighted by atomic mass is 9.71. The summed E-state index contributed by atoms with van der Waals surface area (Å²) in [6.45, 7) is -0.487. The van der Waals surface area contributed by atoms with E-state index in [2.05, 4.69) is 4.98 Å². The Kier molecular flexibility index (Phi) is 6.78. The predicted octanol–water partition coefficient (Wildman–Crippen LogP) is 5.53. The summed E-state index contributed by atoms with van der Waals surface area (Å²) in [6, 6.07) is 5.50. The summed E-state index contributed by atoms with van der Waals surface area (Å²) in [5.74, 6) is -2.60. The van der Waals surface area contributed by atoms with Crippen LogP contribution in [0.2, 0.25) is 5.02 Å². The average molecular weight is 483 g/mol. The maximum absolute atomic E-state index is 14.1. The van der Waals surface area contributed by atoms with E-state index in [4.69, 9.17) is 23.4 Å². The Morgan fingerprint density at radius 1 is 1.29 bits per heavy atom. The van der Waals surface area contributed by atoms with Crippen LogP contribution in [-0.2, 0) is 6.18 Å². The van der Waals surface area contributed by atoms with Crippen molar-refractivity contribution in [1.82, 2.24) is 9.40 Å². The van der Waals surface area contributed by atoms with Crippen LogP contribution in [0.3, 0.4) is 0 Å². The van der Waals surface area contributed by atoms with Crippen molar-refractivity contribution in [3.63, 3.8) is 0 Å². The van der Waals surface area contributed by atoms with Crippen LogP contribution in [0, 0.1) is 5.82 Å². The van der Waals surface area contributed by atoms with Crippen molar-refractivity contribution in [2.45, 2.75) is 43.1 Å². The summed E-state index contributed by atoms with van der Waals surface area (Å²) in [5, 5.41) is 11.0. The van der Waals surface area contributed by atoms with E-state index < -0.39 is 47.8 Å². The van der Waals surface area contributed by atoms with E-state index in [1.54, 1.807) is 0 Å². The van der Waals surface area contributed by atoms with Gasteiger partial charge in [-0.25, -0.2) is 13.2 Å². The first kappa shape index (κ1) is 23.7. The van der Waals surface area contributed by atoms with E-state index in [1.165, 1.54) is 12.1 Å². The molecule has 31 heavy (non-hydrogen) atoms. The molecule has 0 radical (unpaired) electrons. The van der Waals surface area contributed by atoms with E-state index in [-0.39, 0.29) is 35.4 Å². The number of rotatable bonds is 4. The smallest absolute Gasteiger partial charge is 0.387 e. The maximum atomic E-state index is 14.1. The zero-order valence-electron chi connectivity index (χ0n) is 15.8. The summed E-state index contributed by atoms with van der Waals surface area (Å²) < 4.78 is 66.6. The molecule has 3 rings (SSSR count). The second kappa shape index (κ2) is 8.88. The molecule has 0 aliphatic heterocycles. The molecule has 2 aromatic rings. The third-order valence-electron chi connectivity index (χ3n) is 5.32. The molecule has 1 N–H and O–H groups in total. The zero-order valence-corrected chi connectivity index (χ0v) is 17.4. The molecule has 168 valence electrons. The fourth-order valence-corrected chi connectivity index (χ4v) is 4.27. The van der Waals surface area contributed by atoms with Crippen LogP contribution in [0.25, 0.3) is 0 Å². The minimum absolute atomic E-state index is 0.0132. The van der Waals surface area contributed by atoms with Gasteiger partial charge in [-0.05, 0) is 43.0 Å². The highest BCUT2D eigenvalue weighted by molar-refractivity contribution is 6.31. The molecular formula is C20H17Cl2F5N2O2. The van der Waals surface area contributed by atoms with Crippen LogP contribution in [0.1, 0.15) is 46.8 Å². The highest BCUT2D eigenvalue weighted by Gasteiger charge is 2.46. The van der Waals surface area contributed by atoms with E-state index in [9.17, 15) is 31.9 Å². The number of amides is 1. The van der Waals surface area contributed by atoms with Crippen molar-refractivity contribution >= 4 is 29.3 Å². The number of carbonyl (C=O) groups is 1. The lowest BCUT2D eigenvalue weighted by molar-refractivity contribution is -0.141. The average Bonchev–Trinajstić information content (AvgIpc) is 2.71. The second-order valence-corrected chi connectivity index (χ2v) is 8.21. The van der Waals surface area contributed by atoms with Crippen molar-refractivity contribution in [1.29, 1.82) is 0 Å². The number of benzene rings is 1. The van der Waals surface area contributed by atoms with Crippen LogP contribution in [-0.4, -0.2) is 38.7 Å². The SMILES string of the molecule is O=C(c1ccc(C(F)(F)F)nc1)N(Cl)CC1(O)CCC(F)CC1c1cccc(F)c1Cl. The Balaban J connectivity index is 1.84. The molecule has 1 aromatic carbocycles. The van der Waals surface area contributed by atoms with Gasteiger partial charge in [0, 0.05) is 23.9 Å². The quantitative estimate of drug-likeness (QED) is 0.460. The first-order chi connectivity index (χ1) is 14.4. The molecule has 1 saturated carbocycles. The van der Waals surface area contributed by atoms with Gasteiger partial charge in [-0.3, -0.25) is 9.78 Å². The molecule has 1 heterocycles. The van der Waals surface area contributed by atoms with Gasteiger partial charge in [0.25, 0.3) is 5.91 Å². The third kappa shape index (κ3) is 5.10. The van der Waals surface area contributed by atoms with Crippen molar-refractivity contribution in [3.8, 4) is 0 Å². The number of pyridine rings is 1. The minimum Gasteiger partial charge on any atom is -0.387 e. The monoisotopic (exact) mass is 482 g/mol. The van der Waals surface area contributed by atoms with Crippen molar-refractivity contribution in [2.75, 3.05) is 6.54 Å². The number of aromatic nitrogens is 1. The van der Waals surface area contributed by atoms with Crippen molar-refractivity contribution in [2.24, 2.45) is 0 Å². The molecule has 1 amide bonds. The van der Waals surface area contributed by atoms with E-state index >= 15 is 0 Å². The zero-order chi connectivity index (χ0) is 23.0. The molecule has 1 aliphatic carbocycles. The number of carbonyl (C=O) groups excluding carboxylic acids is 1. The van der Waals surface area contributed by atoms with Crippen LogP contribution >= 0.6 is 23.4 Å². The molecule has 1 aliphatic rings. The molecule has 0 saturated heterocycles. The highest BCUT2D eigenvalue weighted by atomic mass is 35.5. The minimum atomic E-state index is -4.67. The van der Waals surface area contributed by atoms with Gasteiger partial charge in [-0.1, -0.05) is 23.7 Å². The van der Waals surface area contributed by atoms with Gasteiger partial charge in [-0.15, -0.1) is 0 Å². The van der Waals surface area contributed by atoms with Crippen molar-refractivity contribution < 1.29 is 31.9 Å². The molecule has 0 spiro atoms. The number of hydrogen-bond donors (Lipinski definition) is 1. The summed E-state index contributed by atoms with van der Waals surface area (Å²) in [7, 11) is 0. The molecule has 1 aromatic heterocycles. The number of hydrogen-bond acceptors (Lipinski definition) is 3. The number of alkyl halides is 4. The van der Waals surface area contributed by atoms with E-state index in [0.717, 1.165) is 18.3 Å². The number of nitrogens with zero attached hydrogens (tertiary/aromatic N) is 2. The van der Waals surface area contributed by atoms with Gasteiger partial charge in [0.1, 0.15) is 17.7 Å². The fraction of sp³-hybridized carbons (Fsp3) is 0.400. The van der Waals surface area contributed by atoms with Crippen molar-refractivity contribution in [3.05, 3.63) is 64.2 Å². The molecule has 11 heteroatoms. The molecule has 3 unspecified atom stereocenters. The van der Waals surface area contributed by atoms with Crippen LogP contribution in [0.5, 0.6) is 0 Å². The molecule has 3 atom stereocenters. The Labute approximate surface area is 184 Å². The largest absolute Gasteiger partial charge is 0.433 e. The number of halogens is 7. The lowest BCUT2D eigenvalue weighted by Crippen LogP contribution is -2.50. The standard InChI is InChI=1S/C20H17Cl2F5N2O2/c21-17-13(2-1-3-15(17)24)14-8-12(23)6-7-19(14,31)10-29(22)18(30)11-4-5-16(28-9-11)20(25,26)27/h1-5,9,12,14,31H,6-8,10H2. The topological polar surface area (TPSA) is 53.4 Å². The molecule has 1 fully saturated rings. The summed E-state index contributed by atoms with van der Waals surface area (Å²) in [5.41, 5.74) is -2.96.